The molecule has 1 rings (SSSR count). The molecule has 0 saturated carbocycles. The first-order valence-corrected chi connectivity index (χ1v) is 10.1. The van der Waals surface area contributed by atoms with Crippen molar-refractivity contribution in [2.24, 2.45) is 5.92 Å². The lowest BCUT2D eigenvalue weighted by Crippen LogP contribution is -2.50. The average Bonchev–Trinajstić information content (AvgIpc) is 2.57. The van der Waals surface area contributed by atoms with Gasteiger partial charge in [0.1, 0.15) is 0 Å². The van der Waals surface area contributed by atoms with E-state index in [1.807, 2.05) is 25.8 Å². The summed E-state index contributed by atoms with van der Waals surface area (Å²) in [5.74, 6) is -0.176. The molecule has 1 saturated heterocycles. The number of nitrogens with one attached hydrogen (secondary N) is 1. The molecule has 1 aliphatic heterocycles. The first kappa shape index (κ1) is 22.1. The van der Waals surface area contributed by atoms with Gasteiger partial charge in [0.25, 0.3) is 0 Å². The van der Waals surface area contributed by atoms with E-state index in [1.165, 1.54) is 32.1 Å². The lowest BCUT2D eigenvalue weighted by Gasteiger charge is -2.33. The minimum absolute atomic E-state index is 0.0613. The third kappa shape index (κ3) is 8.32. The Kier molecular flexibility index (Phi) is 11.0. The highest BCUT2D eigenvalue weighted by Gasteiger charge is 2.34. The molecule has 1 unspecified atom stereocenters. The Balaban J connectivity index is 2.74. The highest BCUT2D eigenvalue weighted by Crippen LogP contribution is 2.20. The summed E-state index contributed by atoms with van der Waals surface area (Å²) in [6, 6.07) is -0.495. The van der Waals surface area contributed by atoms with E-state index in [0.717, 1.165) is 25.8 Å². The summed E-state index contributed by atoms with van der Waals surface area (Å²) in [5, 5.41) is 13.6. The predicted octanol–water partition coefficient (Wildman–Crippen LogP) is 2.90. The SMILES string of the molecule is CCNC(=O)C[C@@H](C)C(O)[C@H]1C(=O)CCCCCCCCCCN1C. The molecule has 3 atom stereocenters. The molecular formula is C20H38N2O3. The molecule has 0 aromatic carbocycles. The summed E-state index contributed by atoms with van der Waals surface area (Å²) in [6.45, 7) is 5.15. The van der Waals surface area contributed by atoms with Crippen LogP contribution in [0.3, 0.4) is 0 Å². The van der Waals surface area contributed by atoms with Gasteiger partial charge >= 0.3 is 0 Å². The number of hydrogen-bond donors (Lipinski definition) is 2. The van der Waals surface area contributed by atoms with Gasteiger partial charge in [0.15, 0.2) is 5.78 Å². The zero-order valence-electron chi connectivity index (χ0n) is 16.4. The van der Waals surface area contributed by atoms with Crippen LogP contribution in [0.5, 0.6) is 0 Å². The van der Waals surface area contributed by atoms with Crippen molar-refractivity contribution < 1.29 is 14.7 Å². The topological polar surface area (TPSA) is 69.6 Å². The molecular weight excluding hydrogens is 316 g/mol. The van der Waals surface area contributed by atoms with Crippen LogP contribution in [0, 0.1) is 5.92 Å². The molecule has 0 spiro atoms. The lowest BCUT2D eigenvalue weighted by molar-refractivity contribution is -0.131. The van der Waals surface area contributed by atoms with Crippen molar-refractivity contribution in [3.05, 3.63) is 0 Å². The van der Waals surface area contributed by atoms with E-state index in [-0.39, 0.29) is 24.0 Å². The Morgan fingerprint density at radius 3 is 2.32 bits per heavy atom. The minimum atomic E-state index is -0.801. The largest absolute Gasteiger partial charge is 0.391 e. The number of amides is 1. The molecule has 1 amide bonds. The van der Waals surface area contributed by atoms with Crippen LogP contribution in [0.15, 0.2) is 0 Å². The number of ketones is 1. The van der Waals surface area contributed by atoms with Crippen molar-refractivity contribution in [1.29, 1.82) is 0 Å². The van der Waals surface area contributed by atoms with E-state index in [0.29, 0.717) is 13.0 Å². The monoisotopic (exact) mass is 354 g/mol. The van der Waals surface area contributed by atoms with Gasteiger partial charge in [-0.05, 0) is 39.3 Å². The molecule has 1 aliphatic rings. The maximum absolute atomic E-state index is 12.8. The van der Waals surface area contributed by atoms with Crippen LogP contribution >= 0.6 is 0 Å². The highest BCUT2D eigenvalue weighted by molar-refractivity contribution is 5.85. The fourth-order valence-corrected chi connectivity index (χ4v) is 3.70. The molecule has 1 heterocycles. The maximum Gasteiger partial charge on any atom is 0.220 e. The molecule has 0 aromatic rings. The van der Waals surface area contributed by atoms with Gasteiger partial charge in [-0.3, -0.25) is 14.5 Å². The first-order valence-electron chi connectivity index (χ1n) is 10.1. The predicted molar refractivity (Wildman–Crippen MR) is 101 cm³/mol. The molecule has 5 heteroatoms. The number of carbonyl (C=O) groups excluding carboxylic acids is 2. The second-order valence-electron chi connectivity index (χ2n) is 7.60. The molecule has 0 aromatic heterocycles. The molecule has 5 nitrogen and oxygen atoms in total. The Labute approximate surface area is 153 Å². The number of aliphatic hydroxyl groups excluding tert-OH is 1. The van der Waals surface area contributed by atoms with Crippen molar-refractivity contribution >= 4 is 11.7 Å². The maximum atomic E-state index is 12.8. The summed E-state index contributed by atoms with van der Waals surface area (Å²) in [4.78, 5) is 26.6. The van der Waals surface area contributed by atoms with Gasteiger partial charge in [-0.1, -0.05) is 45.4 Å². The summed E-state index contributed by atoms with van der Waals surface area (Å²) >= 11 is 0. The highest BCUT2D eigenvalue weighted by atomic mass is 16.3. The number of aliphatic hydroxyl groups is 1. The van der Waals surface area contributed by atoms with Crippen LogP contribution in [0.2, 0.25) is 0 Å². The number of hydrogen-bond acceptors (Lipinski definition) is 4. The van der Waals surface area contributed by atoms with Crippen LogP contribution in [0.1, 0.15) is 78.1 Å². The van der Waals surface area contributed by atoms with E-state index in [4.69, 9.17) is 0 Å². The second kappa shape index (κ2) is 12.4. The molecule has 0 radical (unpaired) electrons. The van der Waals surface area contributed by atoms with Gasteiger partial charge < -0.3 is 10.4 Å². The molecule has 2 N–H and O–H groups in total. The average molecular weight is 355 g/mol. The van der Waals surface area contributed by atoms with E-state index < -0.39 is 12.1 Å². The zero-order valence-corrected chi connectivity index (χ0v) is 16.4. The van der Waals surface area contributed by atoms with Crippen molar-refractivity contribution in [2.75, 3.05) is 20.1 Å². The van der Waals surface area contributed by atoms with Gasteiger partial charge in [-0.25, -0.2) is 0 Å². The Hall–Kier alpha value is -0.940. The van der Waals surface area contributed by atoms with Crippen LogP contribution in [-0.2, 0) is 9.59 Å². The van der Waals surface area contributed by atoms with Crippen molar-refractivity contribution in [1.82, 2.24) is 10.2 Å². The van der Waals surface area contributed by atoms with Crippen LogP contribution in [0.4, 0.5) is 0 Å². The molecule has 0 bridgehead atoms. The molecule has 146 valence electrons. The van der Waals surface area contributed by atoms with E-state index in [2.05, 4.69) is 5.32 Å². The normalized spacial score (nSPS) is 24.5. The number of likely N-dealkylation sites (N-methyl/N-ethyl adjacent to an activating group) is 1. The van der Waals surface area contributed by atoms with Crippen molar-refractivity contribution in [3.63, 3.8) is 0 Å². The van der Waals surface area contributed by atoms with Gasteiger partial charge in [-0.2, -0.15) is 0 Å². The van der Waals surface area contributed by atoms with Gasteiger partial charge in [-0.15, -0.1) is 0 Å². The van der Waals surface area contributed by atoms with Crippen molar-refractivity contribution in [2.45, 2.75) is 90.2 Å². The lowest BCUT2D eigenvalue weighted by atomic mass is 9.89. The standard InChI is InChI=1S/C20H38N2O3/c1-4-21-18(24)15-16(2)20(25)19-17(23)13-11-9-7-5-6-8-10-12-14-22(19)3/h16,19-20,25H,4-15H2,1-3H3,(H,21,24)/t16-,19-,20?/m1/s1. The smallest absolute Gasteiger partial charge is 0.220 e. The van der Waals surface area contributed by atoms with E-state index >= 15 is 0 Å². The number of Topliss-reactive ketones (excluding diaryl/α,β-unsaturated/α-hetero) is 1. The second-order valence-corrected chi connectivity index (χ2v) is 7.60. The van der Waals surface area contributed by atoms with Crippen molar-refractivity contribution in [3.8, 4) is 0 Å². The molecule has 0 aliphatic carbocycles. The molecule has 1 fully saturated rings. The van der Waals surface area contributed by atoms with Gasteiger partial charge in [0, 0.05) is 19.4 Å². The Bertz CT molecular complexity index is 400. The van der Waals surface area contributed by atoms with Gasteiger partial charge in [0.2, 0.25) is 5.91 Å². The fourth-order valence-electron chi connectivity index (χ4n) is 3.70. The summed E-state index contributed by atoms with van der Waals surface area (Å²) < 4.78 is 0. The van der Waals surface area contributed by atoms with Gasteiger partial charge in [0.05, 0.1) is 12.1 Å². The zero-order chi connectivity index (χ0) is 18.7. The van der Waals surface area contributed by atoms with Crippen LogP contribution in [-0.4, -0.2) is 54.0 Å². The summed E-state index contributed by atoms with van der Waals surface area (Å²) in [7, 11) is 1.93. The summed E-state index contributed by atoms with van der Waals surface area (Å²) in [5.41, 5.74) is 0. The Morgan fingerprint density at radius 1 is 1.16 bits per heavy atom. The fraction of sp³-hybridized carbons (Fsp3) is 0.900. The van der Waals surface area contributed by atoms with Crippen LogP contribution in [0.25, 0.3) is 0 Å². The third-order valence-electron chi connectivity index (χ3n) is 5.28. The third-order valence-corrected chi connectivity index (χ3v) is 5.28. The number of nitrogens with zero attached hydrogens (tertiary/aromatic N) is 1. The summed E-state index contributed by atoms with van der Waals surface area (Å²) in [6.07, 6.45) is 9.21. The Morgan fingerprint density at radius 2 is 1.72 bits per heavy atom. The quantitative estimate of drug-likeness (QED) is 0.796. The van der Waals surface area contributed by atoms with Crippen LogP contribution < -0.4 is 5.32 Å². The van der Waals surface area contributed by atoms with E-state index in [9.17, 15) is 14.7 Å². The van der Waals surface area contributed by atoms with E-state index in [1.54, 1.807) is 0 Å². The number of carbonyl (C=O) groups is 2. The number of rotatable bonds is 5. The molecule has 25 heavy (non-hydrogen) atoms. The minimum Gasteiger partial charge on any atom is -0.391 e. The first-order chi connectivity index (χ1) is 12.0.